The number of pyridine rings is 1. The van der Waals surface area contributed by atoms with Crippen molar-refractivity contribution in [3.8, 4) is 0 Å². The zero-order chi connectivity index (χ0) is 15.3. The highest BCUT2D eigenvalue weighted by atomic mass is 16.2. The van der Waals surface area contributed by atoms with Crippen molar-refractivity contribution in [3.05, 3.63) is 43.2 Å². The summed E-state index contributed by atoms with van der Waals surface area (Å²) in [4.78, 5) is 20.1. The summed E-state index contributed by atoms with van der Waals surface area (Å²) in [6.45, 7) is 6.96. The first kappa shape index (κ1) is 15.0. The number of nitrogens with zero attached hydrogens (tertiary/aromatic N) is 3. The maximum absolute atomic E-state index is 12.1. The molecule has 0 aliphatic rings. The molecule has 0 saturated carbocycles. The minimum absolute atomic E-state index is 0.0247. The molecule has 0 aliphatic heterocycles. The molecule has 0 spiro atoms. The fourth-order valence-corrected chi connectivity index (χ4v) is 1.90. The fourth-order valence-electron chi connectivity index (χ4n) is 1.90. The molecule has 2 aromatic heterocycles. The van der Waals surface area contributed by atoms with E-state index in [4.69, 9.17) is 0 Å². The van der Waals surface area contributed by atoms with Crippen molar-refractivity contribution < 1.29 is 4.79 Å². The Morgan fingerprint density at radius 2 is 2.14 bits per heavy atom. The molecule has 2 heterocycles. The smallest absolute Gasteiger partial charge is 0.319 e. The first-order chi connectivity index (χ1) is 9.95. The molecule has 112 valence electrons. The van der Waals surface area contributed by atoms with Gasteiger partial charge in [0, 0.05) is 25.1 Å². The molecular formula is C15H21N5O. The Kier molecular flexibility index (Phi) is 4.57. The first-order valence-electron chi connectivity index (χ1n) is 6.88. The van der Waals surface area contributed by atoms with Crippen LogP contribution in [0.15, 0.2) is 43.2 Å². The second-order valence-corrected chi connectivity index (χ2v) is 6.02. The van der Waals surface area contributed by atoms with Crippen molar-refractivity contribution >= 4 is 11.7 Å². The Hall–Kier alpha value is -2.37. The molecule has 2 rings (SSSR count). The Morgan fingerprint density at radius 1 is 1.33 bits per heavy atom. The summed E-state index contributed by atoms with van der Waals surface area (Å²) in [5.74, 6) is 0. The zero-order valence-electron chi connectivity index (χ0n) is 12.6. The van der Waals surface area contributed by atoms with Gasteiger partial charge in [-0.05, 0) is 17.5 Å². The van der Waals surface area contributed by atoms with Crippen molar-refractivity contribution in [2.24, 2.45) is 5.41 Å². The van der Waals surface area contributed by atoms with Crippen molar-refractivity contribution in [1.29, 1.82) is 0 Å². The van der Waals surface area contributed by atoms with E-state index in [9.17, 15) is 4.79 Å². The van der Waals surface area contributed by atoms with E-state index in [1.807, 2.05) is 10.8 Å². The molecular weight excluding hydrogens is 266 g/mol. The van der Waals surface area contributed by atoms with Crippen LogP contribution in [-0.2, 0) is 6.54 Å². The van der Waals surface area contributed by atoms with Crippen LogP contribution in [0.25, 0.3) is 0 Å². The lowest BCUT2D eigenvalue weighted by Gasteiger charge is -2.31. The van der Waals surface area contributed by atoms with Crippen LogP contribution in [0.5, 0.6) is 0 Å². The summed E-state index contributed by atoms with van der Waals surface area (Å²) in [5, 5.41) is 5.80. The molecule has 2 amide bonds. The Balaban J connectivity index is 2.00. The number of aromatic nitrogens is 3. The van der Waals surface area contributed by atoms with E-state index in [0.717, 1.165) is 0 Å². The highest BCUT2D eigenvalue weighted by Gasteiger charge is 2.26. The number of rotatable bonds is 4. The minimum Gasteiger partial charge on any atom is -0.335 e. The highest BCUT2D eigenvalue weighted by molar-refractivity contribution is 5.89. The number of imidazole rings is 1. The van der Waals surface area contributed by atoms with E-state index in [1.165, 1.54) is 0 Å². The van der Waals surface area contributed by atoms with Gasteiger partial charge in [-0.1, -0.05) is 20.8 Å². The normalized spacial score (nSPS) is 12.7. The van der Waals surface area contributed by atoms with Crippen molar-refractivity contribution in [3.63, 3.8) is 0 Å². The molecule has 0 radical (unpaired) electrons. The largest absolute Gasteiger partial charge is 0.335 e. The third-order valence-corrected chi connectivity index (χ3v) is 3.22. The van der Waals surface area contributed by atoms with Crippen LogP contribution >= 0.6 is 0 Å². The number of carbonyl (C=O) groups excluding carboxylic acids is 1. The second-order valence-electron chi connectivity index (χ2n) is 6.02. The van der Waals surface area contributed by atoms with Crippen LogP contribution in [0.4, 0.5) is 10.5 Å². The average molecular weight is 287 g/mol. The summed E-state index contributed by atoms with van der Waals surface area (Å²) in [5.41, 5.74) is 0.599. The molecule has 0 unspecified atom stereocenters. The number of urea groups is 1. The van der Waals surface area contributed by atoms with Gasteiger partial charge in [0.05, 0.1) is 24.3 Å². The lowest BCUT2D eigenvalue weighted by molar-refractivity contribution is 0.218. The minimum atomic E-state index is -0.233. The first-order valence-corrected chi connectivity index (χ1v) is 6.88. The Labute approximate surface area is 124 Å². The number of nitrogens with one attached hydrogen (secondary N) is 2. The van der Waals surface area contributed by atoms with Gasteiger partial charge in [-0.15, -0.1) is 0 Å². The lowest BCUT2D eigenvalue weighted by atomic mass is 9.86. The summed E-state index contributed by atoms with van der Waals surface area (Å²) in [6, 6.07) is 3.32. The van der Waals surface area contributed by atoms with E-state index < -0.39 is 0 Å². The SMILES string of the molecule is CC(C)(C)[C@H](Cn1ccnc1)NC(=O)Nc1cccnc1. The molecule has 2 N–H and O–H groups in total. The number of anilines is 1. The second kappa shape index (κ2) is 6.39. The van der Waals surface area contributed by atoms with E-state index >= 15 is 0 Å². The molecule has 0 aliphatic carbocycles. The van der Waals surface area contributed by atoms with Gasteiger partial charge in [-0.3, -0.25) is 4.98 Å². The monoisotopic (exact) mass is 287 g/mol. The van der Waals surface area contributed by atoms with E-state index in [2.05, 4.69) is 41.4 Å². The maximum atomic E-state index is 12.1. The summed E-state index contributed by atoms with van der Waals surface area (Å²) < 4.78 is 1.96. The fraction of sp³-hybridized carbons (Fsp3) is 0.400. The van der Waals surface area contributed by atoms with Gasteiger partial charge < -0.3 is 15.2 Å². The summed E-state index contributed by atoms with van der Waals surface area (Å²) in [7, 11) is 0. The van der Waals surface area contributed by atoms with Crippen molar-refractivity contribution in [2.75, 3.05) is 5.32 Å². The average Bonchev–Trinajstić information content (AvgIpc) is 2.91. The predicted molar refractivity (Wildman–Crippen MR) is 81.9 cm³/mol. The predicted octanol–water partition coefficient (Wildman–Crippen LogP) is 2.51. The van der Waals surface area contributed by atoms with Gasteiger partial charge in [-0.2, -0.15) is 0 Å². The molecule has 6 nitrogen and oxygen atoms in total. The topological polar surface area (TPSA) is 71.8 Å². The summed E-state index contributed by atoms with van der Waals surface area (Å²) >= 11 is 0. The zero-order valence-corrected chi connectivity index (χ0v) is 12.6. The number of carbonyl (C=O) groups is 1. The lowest BCUT2D eigenvalue weighted by Crippen LogP contribution is -2.47. The molecule has 0 bridgehead atoms. The van der Waals surface area contributed by atoms with Gasteiger partial charge in [0.25, 0.3) is 0 Å². The van der Waals surface area contributed by atoms with Crippen LogP contribution in [0, 0.1) is 5.41 Å². The summed E-state index contributed by atoms with van der Waals surface area (Å²) in [6.07, 6.45) is 8.65. The van der Waals surface area contributed by atoms with Gasteiger partial charge in [-0.25, -0.2) is 9.78 Å². The quantitative estimate of drug-likeness (QED) is 0.907. The molecule has 0 fully saturated rings. The van der Waals surface area contributed by atoms with E-state index in [1.54, 1.807) is 37.1 Å². The highest BCUT2D eigenvalue weighted by Crippen LogP contribution is 2.21. The van der Waals surface area contributed by atoms with Gasteiger partial charge >= 0.3 is 6.03 Å². The third-order valence-electron chi connectivity index (χ3n) is 3.22. The molecule has 21 heavy (non-hydrogen) atoms. The number of hydrogen-bond donors (Lipinski definition) is 2. The van der Waals surface area contributed by atoms with E-state index in [0.29, 0.717) is 12.2 Å². The third kappa shape index (κ3) is 4.59. The molecule has 6 heteroatoms. The number of amides is 2. The van der Waals surface area contributed by atoms with Gasteiger partial charge in [0.2, 0.25) is 0 Å². The molecule has 0 aromatic carbocycles. The molecule has 2 aromatic rings. The van der Waals surface area contributed by atoms with Gasteiger partial charge in [0.1, 0.15) is 0 Å². The number of hydrogen-bond acceptors (Lipinski definition) is 3. The molecule has 1 atom stereocenters. The van der Waals surface area contributed by atoms with Crippen LogP contribution in [0.2, 0.25) is 0 Å². The van der Waals surface area contributed by atoms with E-state index in [-0.39, 0.29) is 17.5 Å². The Morgan fingerprint density at radius 3 is 2.71 bits per heavy atom. The van der Waals surface area contributed by atoms with Crippen LogP contribution in [0.1, 0.15) is 20.8 Å². The van der Waals surface area contributed by atoms with Crippen LogP contribution in [0.3, 0.4) is 0 Å². The molecule has 0 saturated heterocycles. The maximum Gasteiger partial charge on any atom is 0.319 e. The van der Waals surface area contributed by atoms with Gasteiger partial charge in [0.15, 0.2) is 0 Å². The van der Waals surface area contributed by atoms with Crippen molar-refractivity contribution in [1.82, 2.24) is 19.9 Å². The van der Waals surface area contributed by atoms with Crippen LogP contribution < -0.4 is 10.6 Å². The van der Waals surface area contributed by atoms with Crippen molar-refractivity contribution in [2.45, 2.75) is 33.4 Å². The Bertz CT molecular complexity index is 560. The van der Waals surface area contributed by atoms with Crippen LogP contribution in [-0.4, -0.2) is 26.6 Å². The standard InChI is InChI=1S/C15H21N5O/c1-15(2,3)13(10-20-8-7-17-11-20)19-14(21)18-12-5-4-6-16-9-12/h4-9,11,13H,10H2,1-3H3,(H2,18,19,21)/t13-/m0/s1.